The minimum Gasteiger partial charge on any atom is -0.490 e. The summed E-state index contributed by atoms with van der Waals surface area (Å²) in [6.07, 6.45) is 0.879. The number of carbonyl (C=O) groups is 1. The Morgan fingerprint density at radius 2 is 1.40 bits per heavy atom. The molecular weight excluding hydrogens is 394 g/mol. The number of benzene rings is 3. The molecule has 0 aliphatic carbocycles. The predicted molar refractivity (Wildman–Crippen MR) is 120 cm³/mol. The van der Waals surface area contributed by atoms with Crippen LogP contribution in [-0.4, -0.2) is 29.8 Å². The van der Waals surface area contributed by atoms with Crippen molar-refractivity contribution in [3.05, 3.63) is 90.0 Å². The molecule has 3 aromatic rings. The van der Waals surface area contributed by atoms with Gasteiger partial charge in [-0.05, 0) is 29.3 Å². The van der Waals surface area contributed by atoms with Crippen LogP contribution in [-0.2, 0) is 17.9 Å². The Morgan fingerprint density at radius 3 is 2.03 bits per heavy atom. The molecule has 4 nitrogen and oxygen atoms in total. The van der Waals surface area contributed by atoms with E-state index in [2.05, 4.69) is 24.3 Å². The molecule has 0 unspecified atom stereocenters. The molecular formula is C25H25NO3S. The minimum atomic E-state index is 0.111. The average Bonchev–Trinajstić information content (AvgIpc) is 3.03. The van der Waals surface area contributed by atoms with Gasteiger partial charge in [0.15, 0.2) is 11.5 Å². The zero-order valence-electron chi connectivity index (χ0n) is 16.8. The van der Waals surface area contributed by atoms with Crippen molar-refractivity contribution in [3.8, 4) is 11.5 Å². The highest BCUT2D eigenvalue weighted by Crippen LogP contribution is 2.34. The lowest BCUT2D eigenvalue weighted by Gasteiger charge is -2.23. The lowest BCUT2D eigenvalue weighted by molar-refractivity contribution is -0.129. The van der Waals surface area contributed by atoms with E-state index < -0.39 is 0 Å². The number of fused-ring (bicyclic) bond motifs is 1. The summed E-state index contributed by atoms with van der Waals surface area (Å²) in [6, 6.07) is 26.1. The van der Waals surface area contributed by atoms with Crippen molar-refractivity contribution in [2.45, 2.75) is 24.4 Å². The fraction of sp³-hybridized carbons (Fsp3) is 0.240. The molecule has 1 aliphatic rings. The van der Waals surface area contributed by atoms with Gasteiger partial charge in [-0.3, -0.25) is 4.79 Å². The van der Waals surface area contributed by atoms with Crippen LogP contribution >= 0.6 is 11.8 Å². The van der Waals surface area contributed by atoms with Crippen molar-refractivity contribution < 1.29 is 14.3 Å². The van der Waals surface area contributed by atoms with Gasteiger partial charge in [0.1, 0.15) is 0 Å². The molecule has 1 aliphatic heterocycles. The number of nitrogens with zero attached hydrogens (tertiary/aromatic N) is 1. The molecule has 0 aromatic heterocycles. The lowest BCUT2D eigenvalue weighted by Crippen LogP contribution is -2.31. The number of hydrogen-bond donors (Lipinski definition) is 0. The number of amides is 1. The molecule has 0 fully saturated rings. The topological polar surface area (TPSA) is 38.8 Å². The van der Waals surface area contributed by atoms with Crippen LogP contribution in [0.1, 0.15) is 17.5 Å². The number of rotatable bonds is 7. The highest BCUT2D eigenvalue weighted by molar-refractivity contribution is 8.00. The molecule has 30 heavy (non-hydrogen) atoms. The Morgan fingerprint density at radius 1 is 0.800 bits per heavy atom. The first-order valence-corrected chi connectivity index (χ1v) is 11.1. The molecule has 1 amide bonds. The van der Waals surface area contributed by atoms with Crippen molar-refractivity contribution in [3.63, 3.8) is 0 Å². The number of hydrogen-bond acceptors (Lipinski definition) is 4. The summed E-state index contributed by atoms with van der Waals surface area (Å²) in [7, 11) is 0. The SMILES string of the molecule is O=C(CSc1ccc2c(c1)OCCCO2)N(Cc1ccccc1)Cc1ccccc1. The maximum Gasteiger partial charge on any atom is 0.233 e. The van der Waals surface area contributed by atoms with E-state index in [0.717, 1.165) is 33.9 Å². The summed E-state index contributed by atoms with van der Waals surface area (Å²) in [6.45, 7) is 2.51. The molecule has 0 bridgehead atoms. The summed E-state index contributed by atoms with van der Waals surface area (Å²) in [5.41, 5.74) is 2.25. The van der Waals surface area contributed by atoms with Gasteiger partial charge in [-0.1, -0.05) is 60.7 Å². The predicted octanol–water partition coefficient (Wildman–Crippen LogP) is 5.17. The normalized spacial score (nSPS) is 12.8. The minimum absolute atomic E-state index is 0.111. The van der Waals surface area contributed by atoms with Crippen molar-refractivity contribution in [2.75, 3.05) is 19.0 Å². The average molecular weight is 420 g/mol. The fourth-order valence-electron chi connectivity index (χ4n) is 3.31. The zero-order chi connectivity index (χ0) is 20.6. The maximum atomic E-state index is 13.1. The van der Waals surface area contributed by atoms with Gasteiger partial charge in [-0.15, -0.1) is 11.8 Å². The molecule has 1 heterocycles. The second kappa shape index (κ2) is 10.2. The van der Waals surface area contributed by atoms with E-state index in [0.29, 0.717) is 32.1 Å². The first kappa shape index (κ1) is 20.4. The molecule has 5 heteroatoms. The highest BCUT2D eigenvalue weighted by atomic mass is 32.2. The van der Waals surface area contributed by atoms with Crippen molar-refractivity contribution in [1.29, 1.82) is 0 Å². The largest absolute Gasteiger partial charge is 0.490 e. The van der Waals surface area contributed by atoms with Gasteiger partial charge in [-0.2, -0.15) is 0 Å². The third-order valence-corrected chi connectivity index (χ3v) is 5.85. The third-order valence-electron chi connectivity index (χ3n) is 4.87. The molecule has 0 atom stereocenters. The van der Waals surface area contributed by atoms with Crippen LogP contribution in [0, 0.1) is 0 Å². The summed E-state index contributed by atoms with van der Waals surface area (Å²) < 4.78 is 11.5. The van der Waals surface area contributed by atoms with Crippen molar-refractivity contribution in [2.24, 2.45) is 0 Å². The van der Waals surface area contributed by atoms with E-state index in [-0.39, 0.29) is 5.91 Å². The summed E-state index contributed by atoms with van der Waals surface area (Å²) in [5.74, 6) is 2.02. The molecule has 3 aromatic carbocycles. The quantitative estimate of drug-likeness (QED) is 0.495. The van der Waals surface area contributed by atoms with Crippen molar-refractivity contribution in [1.82, 2.24) is 4.90 Å². The number of carbonyl (C=O) groups excluding carboxylic acids is 1. The Balaban J connectivity index is 1.44. The Bertz CT molecular complexity index is 921. The van der Waals surface area contributed by atoms with E-state index >= 15 is 0 Å². The van der Waals surface area contributed by atoms with E-state index in [1.807, 2.05) is 59.5 Å². The Hall–Kier alpha value is -2.92. The fourth-order valence-corrected chi connectivity index (χ4v) is 4.14. The van der Waals surface area contributed by atoms with E-state index in [9.17, 15) is 4.79 Å². The van der Waals surface area contributed by atoms with Crippen LogP contribution in [0.5, 0.6) is 11.5 Å². The Labute approximate surface area is 181 Å². The van der Waals surface area contributed by atoms with E-state index in [1.165, 1.54) is 11.8 Å². The van der Waals surface area contributed by atoms with E-state index in [4.69, 9.17) is 9.47 Å². The first-order valence-electron chi connectivity index (χ1n) is 10.2. The van der Waals surface area contributed by atoms with Crippen LogP contribution in [0.25, 0.3) is 0 Å². The van der Waals surface area contributed by atoms with Gasteiger partial charge < -0.3 is 14.4 Å². The summed E-state index contributed by atoms with van der Waals surface area (Å²) in [5, 5.41) is 0. The van der Waals surface area contributed by atoms with Crippen LogP contribution in [0.3, 0.4) is 0 Å². The van der Waals surface area contributed by atoms with Crippen molar-refractivity contribution >= 4 is 17.7 Å². The lowest BCUT2D eigenvalue weighted by atomic mass is 10.1. The second-order valence-electron chi connectivity index (χ2n) is 7.17. The molecule has 0 saturated heterocycles. The molecule has 0 saturated carbocycles. The molecule has 0 spiro atoms. The summed E-state index contributed by atoms with van der Waals surface area (Å²) >= 11 is 1.53. The van der Waals surface area contributed by atoms with Gasteiger partial charge in [0.25, 0.3) is 0 Å². The van der Waals surface area contributed by atoms with Crippen LogP contribution in [0.4, 0.5) is 0 Å². The zero-order valence-corrected chi connectivity index (χ0v) is 17.6. The van der Waals surface area contributed by atoms with Crippen LogP contribution < -0.4 is 9.47 Å². The summed E-state index contributed by atoms with van der Waals surface area (Å²) in [4.78, 5) is 16.0. The van der Waals surface area contributed by atoms with Gasteiger partial charge in [0.05, 0.1) is 19.0 Å². The van der Waals surface area contributed by atoms with Crippen LogP contribution in [0.15, 0.2) is 83.8 Å². The monoisotopic (exact) mass is 419 g/mol. The standard InChI is InChI=1S/C25H25NO3S/c27-25(19-30-22-12-13-23-24(16-22)29-15-7-14-28-23)26(17-20-8-3-1-4-9-20)18-21-10-5-2-6-11-21/h1-6,8-13,16H,7,14-15,17-19H2. The first-order chi connectivity index (χ1) is 14.8. The molecule has 4 rings (SSSR count). The molecule has 0 radical (unpaired) electrons. The second-order valence-corrected chi connectivity index (χ2v) is 8.22. The van der Waals surface area contributed by atoms with Gasteiger partial charge >= 0.3 is 0 Å². The number of thioether (sulfide) groups is 1. The smallest absolute Gasteiger partial charge is 0.233 e. The Kier molecular flexibility index (Phi) is 6.93. The van der Waals surface area contributed by atoms with E-state index in [1.54, 1.807) is 0 Å². The van der Waals surface area contributed by atoms with Gasteiger partial charge in [0, 0.05) is 24.4 Å². The number of ether oxygens (including phenoxy) is 2. The maximum absolute atomic E-state index is 13.1. The van der Waals surface area contributed by atoms with Gasteiger partial charge in [-0.25, -0.2) is 0 Å². The molecule has 0 N–H and O–H groups in total. The third kappa shape index (κ3) is 5.57. The van der Waals surface area contributed by atoms with Gasteiger partial charge in [0.2, 0.25) is 5.91 Å². The van der Waals surface area contributed by atoms with Crippen LogP contribution in [0.2, 0.25) is 0 Å². The molecule has 154 valence electrons. The highest BCUT2D eigenvalue weighted by Gasteiger charge is 2.16.